The summed E-state index contributed by atoms with van der Waals surface area (Å²) in [4.78, 5) is 71.3. The van der Waals surface area contributed by atoms with Gasteiger partial charge < -0.3 is 69.3 Å². The van der Waals surface area contributed by atoms with E-state index in [2.05, 4.69) is 32.9 Å². The number of para-hydroxylation sites is 1. The molecule has 114 heavy (non-hydrogen) atoms. The van der Waals surface area contributed by atoms with Crippen LogP contribution in [0.1, 0.15) is 226 Å². The molecular formula is C91H113F3O20. The first-order chi connectivity index (χ1) is 54.8. The van der Waals surface area contributed by atoms with E-state index >= 15 is 0 Å². The van der Waals surface area contributed by atoms with Gasteiger partial charge in [0.2, 0.25) is 0 Å². The summed E-state index contributed by atoms with van der Waals surface area (Å²) in [5, 5.41) is 79.8. The number of rotatable bonds is 36. The molecule has 15 atom stereocenters. The Morgan fingerprint density at radius 2 is 0.772 bits per heavy atom. The van der Waals surface area contributed by atoms with Gasteiger partial charge >= 0.3 is 42.0 Å². The molecule has 3 saturated carbocycles. The van der Waals surface area contributed by atoms with Crippen LogP contribution in [0.3, 0.4) is 0 Å². The smallest absolute Gasteiger partial charge is 0.416 e. The first-order valence-electron chi connectivity index (χ1n) is 41.1. The fourth-order valence-corrected chi connectivity index (χ4v) is 18.8. The molecule has 0 spiro atoms. The zero-order valence-electron chi connectivity index (χ0n) is 65.6. The highest BCUT2D eigenvalue weighted by Crippen LogP contribution is 2.52. The van der Waals surface area contributed by atoms with E-state index in [9.17, 15) is 67.5 Å². The molecule has 0 aromatic heterocycles. The fourth-order valence-electron chi connectivity index (χ4n) is 18.8. The lowest BCUT2D eigenvalue weighted by atomic mass is 9.73. The number of aliphatic carboxylic acids is 3. The second-order valence-corrected chi connectivity index (χ2v) is 32.1. The topological polar surface area (TPSA) is 320 Å². The summed E-state index contributed by atoms with van der Waals surface area (Å²) >= 11 is 0. The van der Waals surface area contributed by atoms with Crippen molar-refractivity contribution >= 4 is 35.8 Å². The van der Waals surface area contributed by atoms with Crippen LogP contribution in [-0.2, 0) is 73.3 Å². The number of esters is 3. The number of halogens is 3. The minimum Gasteiger partial charge on any atom is -0.508 e. The van der Waals surface area contributed by atoms with E-state index in [4.69, 9.17) is 43.7 Å². The standard InChI is InChI=1S/C31H37F3O6.2C30H38O7/c1-2-3-4-7-23(40-30(38)19-9-11-22(12-10-19)31(32,33)34)13-14-24-25-15-20-6-5-8-28(39-18-29(36)37)26(20)16-21(25)17-27(24)35;1-2-3-4-10-23(37-30(35)20-8-5-9-22(31)14-20)12-13-24-25-15-19-7-6-11-28(36-18-29(33)34)26(19)16-21(25)17-27(24)32;1-2-3-4-9-21(37-30(35)23-10-5-6-11-26(23)31)13-14-22-24-15-19-8-7-12-28(36-18-29(33)34)25(19)16-20(24)17-27(22)32/h5-6,8-12,21,23-25,27,35H,2-4,7,13-18H2,1H3,(H,36,37);5-9,11,14,21,23-25,27,31-32H,2-4,10,12-13,15-18H2,1H3,(H,33,34);5-8,10-12,20-22,24,27,31-32H,2-4,9,13-18H2,1H3,(H,33,34)/t2*21-,23-,24+,25-,27+;20-,21-,22+,24-,27+/m000/s1. The number of fused-ring (bicyclic) bond motifs is 6. The number of aliphatic hydroxyl groups is 3. The van der Waals surface area contributed by atoms with Crippen LogP contribution in [0.5, 0.6) is 28.7 Å². The van der Waals surface area contributed by atoms with Crippen LogP contribution in [0.15, 0.2) is 127 Å². The normalized spacial score (nSPS) is 23.0. The van der Waals surface area contributed by atoms with Crippen LogP contribution >= 0.6 is 0 Å². The van der Waals surface area contributed by atoms with Crippen LogP contribution in [-0.4, -0.2) is 133 Å². The average molecular weight is 1580 g/mol. The number of carboxylic acid groups (broad SMARTS) is 3. The van der Waals surface area contributed by atoms with E-state index in [1.54, 1.807) is 36.4 Å². The molecule has 618 valence electrons. The van der Waals surface area contributed by atoms with E-state index in [0.29, 0.717) is 104 Å². The number of unbranched alkanes of at least 4 members (excludes halogenated alkanes) is 6. The molecule has 0 unspecified atom stereocenters. The molecule has 6 aromatic carbocycles. The third kappa shape index (κ3) is 24.0. The lowest BCUT2D eigenvalue weighted by Crippen LogP contribution is -2.29. The lowest BCUT2D eigenvalue weighted by molar-refractivity contribution is -0.140. The van der Waals surface area contributed by atoms with Gasteiger partial charge in [-0.05, 0) is 294 Å². The zero-order chi connectivity index (χ0) is 81.6. The highest BCUT2D eigenvalue weighted by molar-refractivity contribution is 5.92. The van der Waals surface area contributed by atoms with Crippen molar-refractivity contribution in [2.75, 3.05) is 19.8 Å². The Hall–Kier alpha value is -9.19. The van der Waals surface area contributed by atoms with E-state index in [1.807, 2.05) is 36.4 Å². The molecule has 0 heterocycles. The van der Waals surface area contributed by atoms with Gasteiger partial charge in [-0.25, -0.2) is 28.8 Å². The quantitative estimate of drug-likeness (QED) is 0.0103. The number of benzene rings is 6. The van der Waals surface area contributed by atoms with Gasteiger partial charge in [0.25, 0.3) is 0 Å². The molecule has 6 aliphatic carbocycles. The maximum Gasteiger partial charge on any atom is 0.416 e. The number of aliphatic hydroxyl groups excluding tert-OH is 3. The molecule has 3 fully saturated rings. The number of phenols is 2. The highest BCUT2D eigenvalue weighted by atomic mass is 19.4. The third-order valence-corrected chi connectivity index (χ3v) is 24.4. The van der Waals surface area contributed by atoms with Gasteiger partial charge in [-0.2, -0.15) is 13.2 Å². The van der Waals surface area contributed by atoms with Crippen molar-refractivity contribution in [3.05, 3.63) is 183 Å². The Morgan fingerprint density at radius 1 is 0.412 bits per heavy atom. The number of ether oxygens (including phenoxy) is 6. The summed E-state index contributed by atoms with van der Waals surface area (Å²) in [6.45, 7) is 5.22. The predicted octanol–water partition coefficient (Wildman–Crippen LogP) is 16.8. The van der Waals surface area contributed by atoms with Gasteiger partial charge in [-0.3, -0.25) is 0 Å². The largest absolute Gasteiger partial charge is 0.508 e. The maximum atomic E-state index is 12.9. The summed E-state index contributed by atoms with van der Waals surface area (Å²) in [6, 6.07) is 34.0. The van der Waals surface area contributed by atoms with Gasteiger partial charge in [0.05, 0.1) is 35.0 Å². The van der Waals surface area contributed by atoms with E-state index in [-0.39, 0.29) is 83.7 Å². The lowest BCUT2D eigenvalue weighted by Gasteiger charge is -2.32. The minimum atomic E-state index is -4.47. The molecule has 20 nitrogen and oxygen atoms in total. The first kappa shape index (κ1) is 87.2. The van der Waals surface area contributed by atoms with Crippen molar-refractivity contribution in [3.8, 4) is 28.7 Å². The summed E-state index contributed by atoms with van der Waals surface area (Å²) < 4.78 is 72.9. The van der Waals surface area contributed by atoms with Crippen molar-refractivity contribution in [2.24, 2.45) is 53.3 Å². The van der Waals surface area contributed by atoms with Crippen molar-refractivity contribution in [1.82, 2.24) is 0 Å². The van der Waals surface area contributed by atoms with Crippen molar-refractivity contribution < 1.29 is 111 Å². The minimum absolute atomic E-state index is 0.0280. The Kier molecular flexibility index (Phi) is 32.1. The second kappa shape index (κ2) is 41.9. The Labute approximate surface area is 665 Å². The van der Waals surface area contributed by atoms with Crippen LogP contribution < -0.4 is 14.2 Å². The molecule has 0 amide bonds. The molecule has 23 heteroatoms. The van der Waals surface area contributed by atoms with Crippen LogP contribution in [0.25, 0.3) is 0 Å². The van der Waals surface area contributed by atoms with Gasteiger partial charge in [0, 0.05) is 0 Å². The summed E-state index contributed by atoms with van der Waals surface area (Å²) in [5.41, 5.74) is 6.36. The summed E-state index contributed by atoms with van der Waals surface area (Å²) in [5.74, 6) is -0.783. The number of hydrogen-bond acceptors (Lipinski definition) is 17. The summed E-state index contributed by atoms with van der Waals surface area (Å²) in [6.07, 6.45) is 15.4. The average Bonchev–Trinajstić information content (AvgIpc) is 1.61. The molecule has 0 bridgehead atoms. The third-order valence-electron chi connectivity index (χ3n) is 24.4. The van der Waals surface area contributed by atoms with Gasteiger partial charge in [0.1, 0.15) is 52.6 Å². The predicted molar refractivity (Wildman–Crippen MR) is 420 cm³/mol. The van der Waals surface area contributed by atoms with Crippen molar-refractivity contribution in [3.63, 3.8) is 0 Å². The van der Waals surface area contributed by atoms with E-state index < -0.39 is 72.5 Å². The molecule has 12 rings (SSSR count). The maximum absolute atomic E-state index is 12.9. The van der Waals surface area contributed by atoms with Crippen LogP contribution in [0, 0.1) is 53.3 Å². The number of carbonyl (C=O) groups is 6. The van der Waals surface area contributed by atoms with E-state index in [0.717, 1.165) is 173 Å². The Bertz CT molecular complexity index is 4160. The number of phenolic OH excluding ortho intramolecular Hbond substituents is 2. The molecular weight excluding hydrogens is 1470 g/mol. The number of carbonyl (C=O) groups excluding carboxylic acids is 3. The molecule has 0 saturated heterocycles. The number of alkyl halides is 3. The van der Waals surface area contributed by atoms with Gasteiger partial charge in [-0.1, -0.05) is 114 Å². The molecule has 6 aliphatic rings. The van der Waals surface area contributed by atoms with Crippen molar-refractivity contribution in [1.29, 1.82) is 0 Å². The summed E-state index contributed by atoms with van der Waals surface area (Å²) in [7, 11) is 0. The number of hydrogen-bond donors (Lipinski definition) is 8. The number of aromatic hydroxyl groups is 2. The zero-order valence-corrected chi connectivity index (χ0v) is 65.6. The van der Waals surface area contributed by atoms with Crippen LogP contribution in [0.4, 0.5) is 13.2 Å². The number of carboxylic acids is 3. The Morgan fingerprint density at radius 3 is 1.12 bits per heavy atom. The van der Waals surface area contributed by atoms with Gasteiger partial charge in [-0.15, -0.1) is 0 Å². The molecule has 8 N–H and O–H groups in total. The highest BCUT2D eigenvalue weighted by Gasteiger charge is 2.48. The van der Waals surface area contributed by atoms with Crippen LogP contribution in [0.2, 0.25) is 0 Å². The van der Waals surface area contributed by atoms with Gasteiger partial charge in [0.15, 0.2) is 19.8 Å². The first-order valence-corrected chi connectivity index (χ1v) is 41.1. The molecule has 6 aromatic rings. The second-order valence-electron chi connectivity index (χ2n) is 32.1. The molecule has 0 radical (unpaired) electrons. The monoisotopic (exact) mass is 1580 g/mol. The molecule has 0 aliphatic heterocycles. The van der Waals surface area contributed by atoms with Crippen molar-refractivity contribution in [2.45, 2.75) is 237 Å². The van der Waals surface area contributed by atoms with E-state index in [1.165, 1.54) is 18.2 Å². The fraction of sp³-hybridized carbons (Fsp3) is 0.538. The SMILES string of the molecule is CCCCC[C@@H](CC[C@@H]1[C@H]2Cc3cccc(OCC(=O)O)c3C[C@H]2C[C@H]1O)OC(=O)c1ccc(C(F)(F)F)cc1.CCCCC[C@@H](CC[C@@H]1[C@H]2Cc3cccc(OCC(=O)O)c3C[C@H]2C[C@H]1O)OC(=O)c1cccc(O)c1.CCCCC[C@@H](CC[C@@H]1[C@H]2Cc3cccc(OCC(=O)O)c3C[C@H]2C[C@H]1O)OC(=O)c1ccccc1O. The Balaban J connectivity index is 0.000000181.